The summed E-state index contributed by atoms with van der Waals surface area (Å²) >= 11 is 0. The first kappa shape index (κ1) is 17.9. The Bertz CT molecular complexity index is 607. The van der Waals surface area contributed by atoms with Gasteiger partial charge in [-0.1, -0.05) is 30.3 Å². The lowest BCUT2D eigenvalue weighted by molar-refractivity contribution is -0.142. The minimum absolute atomic E-state index is 0.0147. The topological polar surface area (TPSA) is 64.1 Å². The zero-order valence-electron chi connectivity index (χ0n) is 14.8. The normalized spacial score (nSPS) is 24.6. The van der Waals surface area contributed by atoms with Gasteiger partial charge < -0.3 is 14.9 Å². The molecule has 0 aliphatic carbocycles. The molecule has 0 bridgehead atoms. The van der Waals surface area contributed by atoms with Crippen LogP contribution in [0, 0.1) is 0 Å². The monoisotopic (exact) mass is 345 g/mol. The number of carbonyl (C=O) groups is 2. The Kier molecular flexibility index (Phi) is 5.71. The van der Waals surface area contributed by atoms with E-state index < -0.39 is 0 Å². The van der Waals surface area contributed by atoms with Crippen LogP contribution in [0.15, 0.2) is 30.3 Å². The van der Waals surface area contributed by atoms with E-state index >= 15 is 0 Å². The second-order valence-electron chi connectivity index (χ2n) is 7.07. The maximum atomic E-state index is 12.8. The molecule has 0 saturated carbocycles. The fourth-order valence-corrected chi connectivity index (χ4v) is 3.77. The van der Waals surface area contributed by atoms with E-state index in [-0.39, 0.29) is 24.0 Å². The van der Waals surface area contributed by atoms with Crippen molar-refractivity contribution in [2.45, 2.75) is 31.9 Å². The molecule has 3 rings (SSSR count). The van der Waals surface area contributed by atoms with Crippen molar-refractivity contribution >= 4 is 11.8 Å². The third-order valence-corrected chi connectivity index (χ3v) is 5.16. The Labute approximate surface area is 149 Å². The summed E-state index contributed by atoms with van der Waals surface area (Å²) < 4.78 is 0. The van der Waals surface area contributed by atoms with Crippen LogP contribution in [0.2, 0.25) is 0 Å². The molecule has 0 aromatic heterocycles. The summed E-state index contributed by atoms with van der Waals surface area (Å²) in [4.78, 5) is 30.6. The van der Waals surface area contributed by atoms with E-state index in [0.29, 0.717) is 39.1 Å². The van der Waals surface area contributed by atoms with Gasteiger partial charge in [0.05, 0.1) is 18.6 Å². The number of hydrogen-bond donors (Lipinski definition) is 1. The molecule has 0 radical (unpaired) electrons. The largest absolute Gasteiger partial charge is 0.392 e. The van der Waals surface area contributed by atoms with Gasteiger partial charge in [0, 0.05) is 46.2 Å². The van der Waals surface area contributed by atoms with Crippen molar-refractivity contribution in [2.75, 3.05) is 39.3 Å². The van der Waals surface area contributed by atoms with E-state index in [4.69, 9.17) is 0 Å². The number of likely N-dealkylation sites (tertiary alicyclic amines) is 1. The third-order valence-electron chi connectivity index (χ3n) is 5.16. The zero-order valence-corrected chi connectivity index (χ0v) is 14.8. The molecule has 136 valence electrons. The molecular formula is C19H27N3O3. The standard InChI is InChI=1S/C19H27N3O3/c1-15(23)21-9-10-22(19(25)11-16-5-3-2-4-6-16)17(13-21)12-20-8-7-18(24)14-20/h2-6,17-18,24H,7-14H2,1H3/t17-,18+/m0/s1. The van der Waals surface area contributed by atoms with Gasteiger partial charge in [-0.05, 0) is 12.0 Å². The Morgan fingerprint density at radius 3 is 2.52 bits per heavy atom. The fourth-order valence-electron chi connectivity index (χ4n) is 3.77. The quantitative estimate of drug-likeness (QED) is 0.856. The molecule has 2 saturated heterocycles. The first-order valence-electron chi connectivity index (χ1n) is 9.02. The molecule has 6 nitrogen and oxygen atoms in total. The van der Waals surface area contributed by atoms with Crippen LogP contribution in [-0.4, -0.2) is 83.0 Å². The van der Waals surface area contributed by atoms with E-state index in [0.717, 1.165) is 18.5 Å². The summed E-state index contributed by atoms with van der Waals surface area (Å²) in [7, 11) is 0. The van der Waals surface area contributed by atoms with Crippen LogP contribution in [0.4, 0.5) is 0 Å². The van der Waals surface area contributed by atoms with Gasteiger partial charge in [0.25, 0.3) is 0 Å². The van der Waals surface area contributed by atoms with Crippen molar-refractivity contribution in [1.29, 1.82) is 0 Å². The van der Waals surface area contributed by atoms with Crippen molar-refractivity contribution < 1.29 is 14.7 Å². The van der Waals surface area contributed by atoms with Gasteiger partial charge in [-0.25, -0.2) is 0 Å². The van der Waals surface area contributed by atoms with Crippen molar-refractivity contribution in [2.24, 2.45) is 0 Å². The van der Waals surface area contributed by atoms with Crippen LogP contribution in [0.25, 0.3) is 0 Å². The van der Waals surface area contributed by atoms with E-state index in [2.05, 4.69) is 4.90 Å². The summed E-state index contributed by atoms with van der Waals surface area (Å²) in [6, 6.07) is 9.75. The number of carbonyl (C=O) groups excluding carboxylic acids is 2. The number of piperazine rings is 1. The SMILES string of the molecule is CC(=O)N1CCN(C(=O)Cc2ccccc2)[C@@H](CN2CC[C@@H](O)C2)C1. The molecule has 2 fully saturated rings. The predicted octanol–water partition coefficient (Wildman–Crippen LogP) is 0.355. The molecule has 1 aromatic carbocycles. The van der Waals surface area contributed by atoms with E-state index in [1.165, 1.54) is 0 Å². The van der Waals surface area contributed by atoms with Crippen LogP contribution < -0.4 is 0 Å². The van der Waals surface area contributed by atoms with E-state index in [1.54, 1.807) is 6.92 Å². The van der Waals surface area contributed by atoms with Gasteiger partial charge in [-0.15, -0.1) is 0 Å². The highest BCUT2D eigenvalue weighted by Crippen LogP contribution is 2.17. The third kappa shape index (κ3) is 4.58. The molecule has 2 aliphatic heterocycles. The first-order chi connectivity index (χ1) is 12.0. The molecule has 2 heterocycles. The Morgan fingerprint density at radius 2 is 1.88 bits per heavy atom. The predicted molar refractivity (Wildman–Crippen MR) is 95.0 cm³/mol. The number of nitrogens with zero attached hydrogens (tertiary/aromatic N) is 3. The van der Waals surface area contributed by atoms with Gasteiger partial charge in [-0.2, -0.15) is 0 Å². The van der Waals surface area contributed by atoms with Crippen molar-refractivity contribution in [1.82, 2.24) is 14.7 Å². The average Bonchev–Trinajstić information content (AvgIpc) is 3.00. The molecule has 1 N–H and O–H groups in total. The summed E-state index contributed by atoms with van der Waals surface area (Å²) in [5, 5.41) is 9.75. The van der Waals surface area contributed by atoms with Gasteiger partial charge in [-0.3, -0.25) is 14.5 Å². The Balaban J connectivity index is 1.68. The number of aliphatic hydroxyl groups excluding tert-OH is 1. The van der Waals surface area contributed by atoms with Crippen LogP contribution >= 0.6 is 0 Å². The lowest BCUT2D eigenvalue weighted by atomic mass is 10.1. The average molecular weight is 345 g/mol. The minimum atomic E-state index is -0.277. The number of benzene rings is 1. The first-order valence-corrected chi connectivity index (χ1v) is 9.02. The fraction of sp³-hybridized carbons (Fsp3) is 0.579. The van der Waals surface area contributed by atoms with Gasteiger partial charge in [0.2, 0.25) is 11.8 Å². The van der Waals surface area contributed by atoms with Crippen LogP contribution in [0.5, 0.6) is 0 Å². The zero-order chi connectivity index (χ0) is 17.8. The maximum Gasteiger partial charge on any atom is 0.227 e. The number of aliphatic hydroxyl groups is 1. The number of rotatable bonds is 4. The number of β-amino-alcohol motifs (C(OH)–C–C–N with tert-alkyl or cyclic N) is 1. The molecule has 0 unspecified atom stereocenters. The lowest BCUT2D eigenvalue weighted by Gasteiger charge is -2.42. The highest BCUT2D eigenvalue weighted by Gasteiger charge is 2.34. The molecule has 6 heteroatoms. The summed E-state index contributed by atoms with van der Waals surface area (Å²) in [6.45, 7) is 5.53. The molecule has 0 spiro atoms. The van der Waals surface area contributed by atoms with E-state index in [1.807, 2.05) is 40.1 Å². The maximum absolute atomic E-state index is 12.8. The van der Waals surface area contributed by atoms with Crippen molar-refractivity contribution in [3.05, 3.63) is 35.9 Å². The molecule has 25 heavy (non-hydrogen) atoms. The van der Waals surface area contributed by atoms with Gasteiger partial charge in [0.1, 0.15) is 0 Å². The number of amides is 2. The number of hydrogen-bond acceptors (Lipinski definition) is 4. The second-order valence-corrected chi connectivity index (χ2v) is 7.07. The van der Waals surface area contributed by atoms with Crippen molar-refractivity contribution in [3.63, 3.8) is 0 Å². The highest BCUT2D eigenvalue weighted by atomic mass is 16.3. The molecule has 2 atom stereocenters. The summed E-state index contributed by atoms with van der Waals surface area (Å²) in [5.74, 6) is 0.167. The highest BCUT2D eigenvalue weighted by molar-refractivity contribution is 5.80. The summed E-state index contributed by atoms with van der Waals surface area (Å²) in [5.41, 5.74) is 1.01. The molecule has 2 aliphatic rings. The van der Waals surface area contributed by atoms with Crippen LogP contribution in [-0.2, 0) is 16.0 Å². The molecule has 1 aromatic rings. The Morgan fingerprint density at radius 1 is 1.12 bits per heavy atom. The van der Waals surface area contributed by atoms with E-state index in [9.17, 15) is 14.7 Å². The Hall–Kier alpha value is -1.92. The lowest BCUT2D eigenvalue weighted by Crippen LogP contribution is -2.59. The van der Waals surface area contributed by atoms with Gasteiger partial charge >= 0.3 is 0 Å². The summed E-state index contributed by atoms with van der Waals surface area (Å²) in [6.07, 6.45) is 0.891. The minimum Gasteiger partial charge on any atom is -0.392 e. The molecule has 2 amide bonds. The van der Waals surface area contributed by atoms with Crippen LogP contribution in [0.1, 0.15) is 18.9 Å². The van der Waals surface area contributed by atoms with Crippen molar-refractivity contribution in [3.8, 4) is 0 Å². The smallest absolute Gasteiger partial charge is 0.227 e. The van der Waals surface area contributed by atoms with Crippen LogP contribution in [0.3, 0.4) is 0 Å². The molecular weight excluding hydrogens is 318 g/mol. The van der Waals surface area contributed by atoms with Gasteiger partial charge in [0.15, 0.2) is 0 Å². The second kappa shape index (κ2) is 7.97.